The minimum Gasteiger partial charge on any atom is -0.345 e. The highest BCUT2D eigenvalue weighted by Crippen LogP contribution is 2.42. The third-order valence-corrected chi connectivity index (χ3v) is 3.91. The lowest BCUT2D eigenvalue weighted by Crippen LogP contribution is -2.35. The zero-order chi connectivity index (χ0) is 17.2. The van der Waals surface area contributed by atoms with Gasteiger partial charge in [0.15, 0.2) is 5.57 Å². The average molecular weight is 305 g/mol. The van der Waals surface area contributed by atoms with Gasteiger partial charge >= 0.3 is 0 Å². The van der Waals surface area contributed by atoms with Crippen molar-refractivity contribution in [1.29, 1.82) is 15.8 Å². The second-order valence-electron chi connectivity index (χ2n) is 5.62. The van der Waals surface area contributed by atoms with Gasteiger partial charge < -0.3 is 10.2 Å². The number of hydrogen-bond donors (Lipinski definition) is 1. The number of anilines is 2. The van der Waals surface area contributed by atoms with E-state index >= 15 is 0 Å². The smallest absolute Gasteiger partial charge is 0.237 e. The van der Waals surface area contributed by atoms with Crippen molar-refractivity contribution in [3.63, 3.8) is 0 Å². The van der Waals surface area contributed by atoms with E-state index in [0.717, 1.165) is 11.3 Å². The predicted octanol–water partition coefficient (Wildman–Crippen LogP) is 2.57. The number of rotatable bonds is 3. The van der Waals surface area contributed by atoms with Gasteiger partial charge in [0.1, 0.15) is 23.9 Å². The third kappa shape index (κ3) is 2.50. The number of allylic oxidation sites excluding steroid dienone is 2. The first-order chi connectivity index (χ1) is 10.9. The molecule has 6 nitrogen and oxygen atoms in total. The SMILES string of the molecule is CCN1C(=O)C(C)(C)c2cc(NC(C#N)=C(C#N)C#N)ccc21. The molecule has 1 heterocycles. The van der Waals surface area contributed by atoms with E-state index in [9.17, 15) is 4.79 Å². The fourth-order valence-electron chi connectivity index (χ4n) is 2.65. The maximum atomic E-state index is 12.5. The van der Waals surface area contributed by atoms with Crippen LogP contribution in [0.15, 0.2) is 29.5 Å². The predicted molar refractivity (Wildman–Crippen MR) is 85.0 cm³/mol. The molecule has 0 saturated carbocycles. The Kier molecular flexibility index (Phi) is 4.08. The molecule has 114 valence electrons. The minimum absolute atomic E-state index is 0.0259. The fraction of sp³-hybridized carbons (Fsp3) is 0.294. The molecule has 0 fully saturated rings. The lowest BCUT2D eigenvalue weighted by atomic mass is 9.86. The van der Waals surface area contributed by atoms with E-state index in [1.54, 1.807) is 35.2 Å². The summed E-state index contributed by atoms with van der Waals surface area (Å²) in [6.45, 7) is 6.20. The van der Waals surface area contributed by atoms with Gasteiger partial charge in [0, 0.05) is 17.9 Å². The number of carbonyl (C=O) groups excluding carboxylic acids is 1. The monoisotopic (exact) mass is 305 g/mol. The van der Waals surface area contributed by atoms with Crippen LogP contribution in [0.4, 0.5) is 11.4 Å². The Balaban J connectivity index is 2.49. The van der Waals surface area contributed by atoms with Crippen LogP contribution in [0.3, 0.4) is 0 Å². The number of nitriles is 3. The fourth-order valence-corrected chi connectivity index (χ4v) is 2.65. The van der Waals surface area contributed by atoms with Crippen molar-refractivity contribution < 1.29 is 4.79 Å². The minimum atomic E-state index is -0.660. The van der Waals surface area contributed by atoms with Gasteiger partial charge in [0.2, 0.25) is 5.91 Å². The zero-order valence-electron chi connectivity index (χ0n) is 13.1. The summed E-state index contributed by atoms with van der Waals surface area (Å²) in [5, 5.41) is 29.6. The summed E-state index contributed by atoms with van der Waals surface area (Å²) in [4.78, 5) is 14.2. The molecular weight excluding hydrogens is 290 g/mol. The van der Waals surface area contributed by atoms with Gasteiger partial charge in [-0.1, -0.05) is 0 Å². The molecule has 0 spiro atoms. The van der Waals surface area contributed by atoms with Gasteiger partial charge in [0.25, 0.3) is 0 Å². The second kappa shape index (κ2) is 5.83. The lowest BCUT2D eigenvalue weighted by molar-refractivity contribution is -0.122. The molecule has 1 aliphatic heterocycles. The molecule has 0 aromatic heterocycles. The van der Waals surface area contributed by atoms with Crippen molar-refractivity contribution >= 4 is 17.3 Å². The first-order valence-electron chi connectivity index (χ1n) is 7.08. The number of fused-ring (bicyclic) bond motifs is 1. The number of nitrogens with zero attached hydrogens (tertiary/aromatic N) is 4. The van der Waals surface area contributed by atoms with Crippen LogP contribution in [0, 0.1) is 34.0 Å². The molecule has 0 saturated heterocycles. The third-order valence-electron chi connectivity index (χ3n) is 3.91. The van der Waals surface area contributed by atoms with Crippen molar-refractivity contribution in [2.24, 2.45) is 0 Å². The van der Waals surface area contributed by atoms with Crippen LogP contribution >= 0.6 is 0 Å². The lowest BCUT2D eigenvalue weighted by Gasteiger charge is -2.18. The van der Waals surface area contributed by atoms with Crippen LogP contribution in [-0.4, -0.2) is 12.5 Å². The Labute approximate surface area is 134 Å². The van der Waals surface area contributed by atoms with E-state index in [4.69, 9.17) is 15.8 Å². The van der Waals surface area contributed by atoms with E-state index in [-0.39, 0.29) is 17.2 Å². The van der Waals surface area contributed by atoms with Gasteiger partial charge in [-0.25, -0.2) is 0 Å². The van der Waals surface area contributed by atoms with Crippen molar-refractivity contribution in [3.05, 3.63) is 35.0 Å². The van der Waals surface area contributed by atoms with E-state index in [0.29, 0.717) is 12.2 Å². The Morgan fingerprint density at radius 1 is 1.22 bits per heavy atom. The largest absolute Gasteiger partial charge is 0.345 e. The molecule has 0 aliphatic carbocycles. The Hall–Kier alpha value is -3.30. The number of nitrogens with one attached hydrogen (secondary N) is 1. The maximum Gasteiger partial charge on any atom is 0.237 e. The summed E-state index contributed by atoms with van der Waals surface area (Å²) in [6.07, 6.45) is 0. The second-order valence-corrected chi connectivity index (χ2v) is 5.62. The van der Waals surface area contributed by atoms with Crippen LogP contribution in [0.25, 0.3) is 0 Å². The van der Waals surface area contributed by atoms with E-state index in [1.165, 1.54) is 0 Å². The van der Waals surface area contributed by atoms with Crippen molar-refractivity contribution in [3.8, 4) is 18.2 Å². The highest BCUT2D eigenvalue weighted by atomic mass is 16.2. The molecule has 23 heavy (non-hydrogen) atoms. The number of carbonyl (C=O) groups is 1. The quantitative estimate of drug-likeness (QED) is 0.864. The van der Waals surface area contributed by atoms with Crippen LogP contribution in [0.5, 0.6) is 0 Å². The van der Waals surface area contributed by atoms with E-state index < -0.39 is 5.41 Å². The topological polar surface area (TPSA) is 104 Å². The molecule has 1 N–H and O–H groups in total. The summed E-state index contributed by atoms with van der Waals surface area (Å²) >= 11 is 0. The Morgan fingerprint density at radius 3 is 2.39 bits per heavy atom. The molecule has 0 radical (unpaired) electrons. The van der Waals surface area contributed by atoms with Crippen molar-refractivity contribution in [1.82, 2.24) is 0 Å². The van der Waals surface area contributed by atoms with Crippen molar-refractivity contribution in [2.75, 3.05) is 16.8 Å². The van der Waals surface area contributed by atoms with Crippen LogP contribution in [0.1, 0.15) is 26.3 Å². The highest BCUT2D eigenvalue weighted by molar-refractivity contribution is 6.07. The van der Waals surface area contributed by atoms with Crippen LogP contribution in [0.2, 0.25) is 0 Å². The van der Waals surface area contributed by atoms with E-state index in [1.807, 2.05) is 26.8 Å². The highest BCUT2D eigenvalue weighted by Gasteiger charge is 2.43. The first kappa shape index (κ1) is 16.1. The molecule has 1 aromatic carbocycles. The molecule has 6 heteroatoms. The van der Waals surface area contributed by atoms with Crippen LogP contribution < -0.4 is 10.2 Å². The first-order valence-corrected chi connectivity index (χ1v) is 7.08. The number of benzene rings is 1. The van der Waals surface area contributed by atoms with Gasteiger partial charge in [0.05, 0.1) is 5.41 Å². The van der Waals surface area contributed by atoms with Gasteiger partial charge in [-0.3, -0.25) is 4.79 Å². The summed E-state index contributed by atoms with van der Waals surface area (Å²) < 4.78 is 0. The Morgan fingerprint density at radius 2 is 1.87 bits per heavy atom. The van der Waals surface area contributed by atoms with Gasteiger partial charge in [-0.05, 0) is 44.5 Å². The van der Waals surface area contributed by atoms with E-state index in [2.05, 4.69) is 5.32 Å². The number of amides is 1. The van der Waals surface area contributed by atoms with Crippen molar-refractivity contribution in [2.45, 2.75) is 26.2 Å². The molecule has 1 amide bonds. The summed E-state index contributed by atoms with van der Waals surface area (Å²) in [5.41, 5.74) is 1.20. The average Bonchev–Trinajstić information content (AvgIpc) is 2.74. The molecule has 0 atom stereocenters. The molecule has 1 aliphatic rings. The molecule has 0 bridgehead atoms. The Bertz CT molecular complexity index is 814. The summed E-state index contributed by atoms with van der Waals surface area (Å²) in [7, 11) is 0. The summed E-state index contributed by atoms with van der Waals surface area (Å²) in [6, 6.07) is 10.5. The molecule has 2 rings (SSSR count). The standard InChI is InChI=1S/C17H15N5O/c1-4-22-15-6-5-12(7-13(15)17(2,3)16(22)23)21-14(10-20)11(8-18)9-19/h5-7,21H,4H2,1-3H3. The number of likely N-dealkylation sites (N-methyl/N-ethyl adjacent to an activating group) is 1. The normalized spacial score (nSPS) is 14.3. The molecule has 0 unspecified atom stereocenters. The zero-order valence-corrected chi connectivity index (χ0v) is 13.1. The molecule has 1 aromatic rings. The maximum absolute atomic E-state index is 12.5. The van der Waals surface area contributed by atoms with Crippen LogP contribution in [-0.2, 0) is 10.2 Å². The van der Waals surface area contributed by atoms with Gasteiger partial charge in [-0.15, -0.1) is 0 Å². The van der Waals surface area contributed by atoms with Gasteiger partial charge in [-0.2, -0.15) is 15.8 Å². The summed E-state index contributed by atoms with van der Waals surface area (Å²) in [5.74, 6) is 0.0259. The number of hydrogen-bond acceptors (Lipinski definition) is 5. The molecular formula is C17H15N5O.